The van der Waals surface area contributed by atoms with Crippen molar-refractivity contribution >= 4 is 42.1 Å². The summed E-state index contributed by atoms with van der Waals surface area (Å²) < 4.78 is 0. The topological polar surface area (TPSA) is 71.2 Å². The lowest BCUT2D eigenvalue weighted by Gasteiger charge is -2.31. The van der Waals surface area contributed by atoms with Crippen molar-refractivity contribution < 1.29 is 4.79 Å². The molecule has 0 aromatic carbocycles. The van der Waals surface area contributed by atoms with E-state index in [-0.39, 0.29) is 36.8 Å². The number of nitrogens with zero attached hydrogens (tertiary/aromatic N) is 2. The summed E-state index contributed by atoms with van der Waals surface area (Å²) in [5, 5.41) is 5.61. The molecule has 0 unspecified atom stereocenters. The third kappa shape index (κ3) is 5.92. The SMILES string of the molecule is C=CCN1CCC(NC(=O)c2csc(CN)n2)CC1.Cl.Cl. The van der Waals surface area contributed by atoms with Crippen molar-refractivity contribution in [2.24, 2.45) is 5.73 Å². The highest BCUT2D eigenvalue weighted by atomic mass is 35.5. The van der Waals surface area contributed by atoms with Gasteiger partial charge in [0.05, 0.1) is 0 Å². The van der Waals surface area contributed by atoms with Gasteiger partial charge in [0, 0.05) is 37.6 Å². The molecule has 1 amide bonds. The van der Waals surface area contributed by atoms with E-state index >= 15 is 0 Å². The fraction of sp³-hybridized carbons (Fsp3) is 0.538. The molecule has 3 N–H and O–H groups in total. The molecule has 5 nitrogen and oxygen atoms in total. The third-order valence-corrected chi connectivity index (χ3v) is 4.14. The molecular formula is C13H22Cl2N4OS. The molecule has 0 bridgehead atoms. The largest absolute Gasteiger partial charge is 0.348 e. The Morgan fingerprint density at radius 1 is 1.52 bits per heavy atom. The van der Waals surface area contributed by atoms with Gasteiger partial charge < -0.3 is 11.1 Å². The van der Waals surface area contributed by atoms with Crippen molar-refractivity contribution in [1.29, 1.82) is 0 Å². The van der Waals surface area contributed by atoms with Gasteiger partial charge in [-0.15, -0.1) is 42.7 Å². The van der Waals surface area contributed by atoms with Gasteiger partial charge in [0.25, 0.3) is 5.91 Å². The Hall–Kier alpha value is -0.660. The molecule has 0 aliphatic carbocycles. The maximum Gasteiger partial charge on any atom is 0.270 e. The maximum absolute atomic E-state index is 12.0. The lowest BCUT2D eigenvalue weighted by atomic mass is 10.0. The van der Waals surface area contributed by atoms with E-state index in [9.17, 15) is 4.79 Å². The quantitative estimate of drug-likeness (QED) is 0.793. The number of nitrogens with two attached hydrogens (primary N) is 1. The summed E-state index contributed by atoms with van der Waals surface area (Å²) in [7, 11) is 0. The number of carbonyl (C=O) groups is 1. The Morgan fingerprint density at radius 3 is 2.71 bits per heavy atom. The number of carbonyl (C=O) groups excluding carboxylic acids is 1. The number of halogens is 2. The molecule has 1 fully saturated rings. The fourth-order valence-corrected chi connectivity index (χ4v) is 2.87. The van der Waals surface area contributed by atoms with Crippen LogP contribution in [0.2, 0.25) is 0 Å². The Bertz CT molecular complexity index is 447. The van der Waals surface area contributed by atoms with Gasteiger partial charge in [-0.3, -0.25) is 9.69 Å². The third-order valence-electron chi connectivity index (χ3n) is 3.27. The first kappa shape index (κ1) is 20.3. The van der Waals surface area contributed by atoms with Gasteiger partial charge in [-0.1, -0.05) is 6.08 Å². The molecule has 21 heavy (non-hydrogen) atoms. The summed E-state index contributed by atoms with van der Waals surface area (Å²) in [6.45, 7) is 7.06. The number of hydrogen-bond donors (Lipinski definition) is 2. The summed E-state index contributed by atoms with van der Waals surface area (Å²) in [5.74, 6) is -0.0851. The van der Waals surface area contributed by atoms with E-state index in [0.717, 1.165) is 37.5 Å². The molecule has 0 radical (unpaired) electrons. The first-order chi connectivity index (χ1) is 9.22. The molecule has 2 heterocycles. The van der Waals surface area contributed by atoms with Crippen LogP contribution in [0.15, 0.2) is 18.0 Å². The normalized spacial score (nSPS) is 15.7. The lowest BCUT2D eigenvalue weighted by Crippen LogP contribution is -2.44. The van der Waals surface area contributed by atoms with Crippen LogP contribution in [-0.4, -0.2) is 41.5 Å². The monoisotopic (exact) mass is 352 g/mol. The smallest absolute Gasteiger partial charge is 0.270 e. The van der Waals surface area contributed by atoms with Gasteiger partial charge in [-0.2, -0.15) is 0 Å². The number of amides is 1. The zero-order chi connectivity index (χ0) is 13.7. The molecule has 1 aromatic rings. The highest BCUT2D eigenvalue weighted by Gasteiger charge is 2.21. The summed E-state index contributed by atoms with van der Waals surface area (Å²) in [6, 6.07) is 0.247. The molecule has 1 aliphatic rings. The fourth-order valence-electron chi connectivity index (χ4n) is 2.21. The number of aromatic nitrogens is 1. The average Bonchev–Trinajstić information content (AvgIpc) is 2.90. The van der Waals surface area contributed by atoms with Crippen molar-refractivity contribution in [2.75, 3.05) is 19.6 Å². The van der Waals surface area contributed by atoms with Crippen LogP contribution in [0.4, 0.5) is 0 Å². The van der Waals surface area contributed by atoms with E-state index in [1.165, 1.54) is 11.3 Å². The van der Waals surface area contributed by atoms with Crippen LogP contribution < -0.4 is 11.1 Å². The molecule has 0 spiro atoms. The van der Waals surface area contributed by atoms with Gasteiger partial charge in [0.1, 0.15) is 10.7 Å². The summed E-state index contributed by atoms with van der Waals surface area (Å²) in [5.41, 5.74) is 5.98. The Labute approximate surface area is 141 Å². The highest BCUT2D eigenvalue weighted by molar-refractivity contribution is 7.09. The van der Waals surface area contributed by atoms with Crippen LogP contribution in [0.5, 0.6) is 0 Å². The predicted molar refractivity (Wildman–Crippen MR) is 91.6 cm³/mol. The molecular weight excluding hydrogens is 331 g/mol. The van der Waals surface area contributed by atoms with Crippen LogP contribution in [-0.2, 0) is 6.54 Å². The molecule has 8 heteroatoms. The van der Waals surface area contributed by atoms with Crippen LogP contribution in [0, 0.1) is 0 Å². The second kappa shape index (κ2) is 10.1. The summed E-state index contributed by atoms with van der Waals surface area (Å²) >= 11 is 1.43. The predicted octanol–water partition coefficient (Wildman–Crippen LogP) is 1.83. The van der Waals surface area contributed by atoms with Gasteiger partial charge >= 0.3 is 0 Å². The number of likely N-dealkylation sites (tertiary alicyclic amines) is 1. The van der Waals surface area contributed by atoms with E-state index in [1.54, 1.807) is 5.38 Å². The van der Waals surface area contributed by atoms with E-state index in [1.807, 2.05) is 6.08 Å². The molecule has 0 atom stereocenters. The zero-order valence-electron chi connectivity index (χ0n) is 11.8. The minimum absolute atomic E-state index is 0. The van der Waals surface area contributed by atoms with Gasteiger partial charge in [-0.05, 0) is 12.8 Å². The first-order valence-corrected chi connectivity index (χ1v) is 7.39. The standard InChI is InChI=1S/C13H20N4OS.2ClH/c1-2-5-17-6-3-10(4-7-17)15-13(18)11-9-19-12(8-14)16-11;;/h2,9-10H,1,3-8,14H2,(H,15,18);2*1H. The summed E-state index contributed by atoms with van der Waals surface area (Å²) in [6.07, 6.45) is 3.88. The van der Waals surface area contributed by atoms with Crippen LogP contribution in [0.25, 0.3) is 0 Å². The number of rotatable bonds is 5. The van der Waals surface area contributed by atoms with Crippen LogP contribution in [0.1, 0.15) is 28.3 Å². The number of hydrogen-bond acceptors (Lipinski definition) is 5. The number of thiazole rings is 1. The van der Waals surface area contributed by atoms with E-state index in [4.69, 9.17) is 5.73 Å². The van der Waals surface area contributed by atoms with E-state index < -0.39 is 0 Å². The van der Waals surface area contributed by atoms with E-state index in [0.29, 0.717) is 12.2 Å². The lowest BCUT2D eigenvalue weighted by molar-refractivity contribution is 0.0909. The van der Waals surface area contributed by atoms with Gasteiger partial charge in [0.15, 0.2) is 0 Å². The van der Waals surface area contributed by atoms with Crippen LogP contribution >= 0.6 is 36.2 Å². The summed E-state index contributed by atoms with van der Waals surface area (Å²) in [4.78, 5) is 18.5. The van der Waals surface area contributed by atoms with Crippen molar-refractivity contribution in [3.63, 3.8) is 0 Å². The molecule has 0 saturated carbocycles. The van der Waals surface area contributed by atoms with Gasteiger partial charge in [0.2, 0.25) is 0 Å². The number of piperidine rings is 1. The average molecular weight is 353 g/mol. The Balaban J connectivity index is 0.00000200. The first-order valence-electron chi connectivity index (χ1n) is 6.51. The second-order valence-electron chi connectivity index (χ2n) is 4.67. The Morgan fingerprint density at radius 2 is 2.19 bits per heavy atom. The maximum atomic E-state index is 12.0. The van der Waals surface area contributed by atoms with Crippen molar-refractivity contribution in [3.8, 4) is 0 Å². The van der Waals surface area contributed by atoms with Crippen molar-refractivity contribution in [1.82, 2.24) is 15.2 Å². The molecule has 2 rings (SSSR count). The van der Waals surface area contributed by atoms with Gasteiger partial charge in [-0.25, -0.2) is 4.98 Å². The second-order valence-corrected chi connectivity index (χ2v) is 5.61. The van der Waals surface area contributed by atoms with E-state index in [2.05, 4.69) is 21.8 Å². The molecule has 1 aromatic heterocycles. The molecule has 1 aliphatic heterocycles. The Kier molecular flexibility index (Phi) is 9.81. The highest BCUT2D eigenvalue weighted by Crippen LogP contribution is 2.12. The molecule has 1 saturated heterocycles. The minimum Gasteiger partial charge on any atom is -0.348 e. The zero-order valence-corrected chi connectivity index (χ0v) is 14.2. The minimum atomic E-state index is -0.0851. The van der Waals surface area contributed by atoms with Crippen LogP contribution in [0.3, 0.4) is 0 Å². The molecule has 120 valence electrons. The van der Waals surface area contributed by atoms with Crippen molar-refractivity contribution in [2.45, 2.75) is 25.4 Å². The van der Waals surface area contributed by atoms with Crippen molar-refractivity contribution in [3.05, 3.63) is 28.7 Å². The number of nitrogens with one attached hydrogen (secondary N) is 1.